The van der Waals surface area contributed by atoms with Gasteiger partial charge in [0.2, 0.25) is 0 Å². The van der Waals surface area contributed by atoms with Crippen LogP contribution in [-0.4, -0.2) is 23.6 Å². The normalized spacial score (nSPS) is 10.5. The van der Waals surface area contributed by atoms with Gasteiger partial charge in [0.25, 0.3) is 5.91 Å². The first-order valence-corrected chi connectivity index (χ1v) is 7.78. The van der Waals surface area contributed by atoms with Crippen LogP contribution in [0.15, 0.2) is 48.5 Å². The zero-order valence-corrected chi connectivity index (χ0v) is 13.8. The van der Waals surface area contributed by atoms with Gasteiger partial charge in [-0.05, 0) is 35.2 Å². The molecule has 0 fully saturated rings. The summed E-state index contributed by atoms with van der Waals surface area (Å²) < 4.78 is 5.52. The van der Waals surface area contributed by atoms with Crippen LogP contribution in [0.5, 0.6) is 5.75 Å². The third-order valence-electron chi connectivity index (χ3n) is 3.53. The van der Waals surface area contributed by atoms with Gasteiger partial charge in [-0.15, -0.1) is 0 Å². The highest BCUT2D eigenvalue weighted by molar-refractivity contribution is 5.93. The Labute approximate surface area is 141 Å². The largest absolute Gasteiger partial charge is 0.484 e. The monoisotopic (exact) mass is 327 g/mol. The Morgan fingerprint density at radius 2 is 1.88 bits per heavy atom. The van der Waals surface area contributed by atoms with Gasteiger partial charge >= 0.3 is 5.97 Å². The van der Waals surface area contributed by atoms with E-state index in [0.29, 0.717) is 22.9 Å². The molecule has 0 saturated carbocycles. The summed E-state index contributed by atoms with van der Waals surface area (Å²) in [5.74, 6) is -0.262. The number of para-hydroxylation sites is 1. The van der Waals surface area contributed by atoms with Crippen molar-refractivity contribution in [2.75, 3.05) is 11.9 Å². The van der Waals surface area contributed by atoms with Gasteiger partial charge in [0, 0.05) is 5.69 Å². The molecule has 0 atom stereocenters. The standard InChI is InChI=1S/C19H21NO4/c1-13(2)14-7-5-8-16(10-14)24-12-18(21)20-17-9-4-3-6-15(17)11-19(22)23/h3-10,13H,11-12H2,1-2H3,(H,20,21)(H,22,23). The summed E-state index contributed by atoms with van der Waals surface area (Å²) in [7, 11) is 0. The van der Waals surface area contributed by atoms with Gasteiger partial charge in [0.15, 0.2) is 6.61 Å². The summed E-state index contributed by atoms with van der Waals surface area (Å²) in [5.41, 5.74) is 2.18. The van der Waals surface area contributed by atoms with Crippen molar-refractivity contribution >= 4 is 17.6 Å². The molecule has 0 aliphatic heterocycles. The van der Waals surface area contributed by atoms with Crippen LogP contribution in [0, 0.1) is 0 Å². The van der Waals surface area contributed by atoms with E-state index in [1.807, 2.05) is 18.2 Å². The second kappa shape index (κ2) is 8.15. The molecular weight excluding hydrogens is 306 g/mol. The minimum absolute atomic E-state index is 0.136. The first-order valence-electron chi connectivity index (χ1n) is 7.78. The quantitative estimate of drug-likeness (QED) is 0.816. The molecular formula is C19H21NO4. The molecule has 5 heteroatoms. The zero-order chi connectivity index (χ0) is 17.5. The SMILES string of the molecule is CC(C)c1cccc(OCC(=O)Nc2ccccc2CC(=O)O)c1. The molecule has 0 bridgehead atoms. The van der Waals surface area contributed by atoms with E-state index in [1.165, 1.54) is 0 Å². The summed E-state index contributed by atoms with van der Waals surface area (Å²) in [6.45, 7) is 4.04. The molecule has 2 aromatic carbocycles. The summed E-state index contributed by atoms with van der Waals surface area (Å²) in [6.07, 6.45) is -0.145. The van der Waals surface area contributed by atoms with Gasteiger partial charge in [-0.25, -0.2) is 0 Å². The Hall–Kier alpha value is -2.82. The maximum absolute atomic E-state index is 12.1. The summed E-state index contributed by atoms with van der Waals surface area (Å²) >= 11 is 0. The lowest BCUT2D eigenvalue weighted by Crippen LogP contribution is -2.21. The average Bonchev–Trinajstić information content (AvgIpc) is 2.54. The molecule has 0 aromatic heterocycles. The van der Waals surface area contributed by atoms with Crippen molar-refractivity contribution in [2.24, 2.45) is 0 Å². The van der Waals surface area contributed by atoms with E-state index in [2.05, 4.69) is 19.2 Å². The van der Waals surface area contributed by atoms with Crippen LogP contribution >= 0.6 is 0 Å². The molecule has 0 aliphatic carbocycles. The molecule has 126 valence electrons. The Morgan fingerprint density at radius 3 is 2.58 bits per heavy atom. The minimum atomic E-state index is -0.946. The number of nitrogens with one attached hydrogen (secondary N) is 1. The number of carbonyl (C=O) groups is 2. The van der Waals surface area contributed by atoms with E-state index in [0.717, 1.165) is 5.56 Å². The molecule has 0 radical (unpaired) electrons. The van der Waals surface area contributed by atoms with Crippen LogP contribution in [0.3, 0.4) is 0 Å². The smallest absolute Gasteiger partial charge is 0.307 e. The Bertz CT molecular complexity index is 725. The summed E-state index contributed by atoms with van der Waals surface area (Å²) in [4.78, 5) is 22.9. The number of carbonyl (C=O) groups excluding carboxylic acids is 1. The van der Waals surface area contributed by atoms with E-state index >= 15 is 0 Å². The molecule has 0 saturated heterocycles. The van der Waals surface area contributed by atoms with Gasteiger partial charge in [0.05, 0.1) is 6.42 Å². The van der Waals surface area contributed by atoms with E-state index in [1.54, 1.807) is 30.3 Å². The third kappa shape index (κ3) is 5.12. The number of rotatable bonds is 7. The molecule has 0 spiro atoms. The number of amides is 1. The third-order valence-corrected chi connectivity index (χ3v) is 3.53. The molecule has 0 unspecified atom stereocenters. The molecule has 24 heavy (non-hydrogen) atoms. The molecule has 2 N–H and O–H groups in total. The first-order chi connectivity index (χ1) is 11.5. The highest BCUT2D eigenvalue weighted by Gasteiger charge is 2.10. The number of benzene rings is 2. The molecule has 2 rings (SSSR count). The van der Waals surface area contributed by atoms with Crippen molar-refractivity contribution in [1.29, 1.82) is 0 Å². The van der Waals surface area contributed by atoms with Crippen LogP contribution in [-0.2, 0) is 16.0 Å². The number of hydrogen-bond acceptors (Lipinski definition) is 3. The topological polar surface area (TPSA) is 75.6 Å². The van der Waals surface area contributed by atoms with Gasteiger partial charge in [-0.2, -0.15) is 0 Å². The van der Waals surface area contributed by atoms with Crippen molar-refractivity contribution < 1.29 is 19.4 Å². The fourth-order valence-electron chi connectivity index (χ4n) is 2.26. The predicted octanol–water partition coefficient (Wildman–Crippen LogP) is 3.45. The number of hydrogen-bond donors (Lipinski definition) is 2. The average molecular weight is 327 g/mol. The summed E-state index contributed by atoms with van der Waals surface area (Å²) in [6, 6.07) is 14.5. The van der Waals surface area contributed by atoms with E-state index in [-0.39, 0.29) is 18.9 Å². The fraction of sp³-hybridized carbons (Fsp3) is 0.263. The van der Waals surface area contributed by atoms with Crippen LogP contribution in [0.4, 0.5) is 5.69 Å². The van der Waals surface area contributed by atoms with Gasteiger partial charge < -0.3 is 15.2 Å². The fourth-order valence-corrected chi connectivity index (χ4v) is 2.26. The van der Waals surface area contributed by atoms with Crippen molar-refractivity contribution in [1.82, 2.24) is 0 Å². The first kappa shape index (κ1) is 17.5. The van der Waals surface area contributed by atoms with E-state index in [9.17, 15) is 9.59 Å². The lowest BCUT2D eigenvalue weighted by Gasteiger charge is -2.12. The lowest BCUT2D eigenvalue weighted by molar-refractivity contribution is -0.136. The van der Waals surface area contributed by atoms with Crippen molar-refractivity contribution in [3.8, 4) is 5.75 Å². The second-order valence-corrected chi connectivity index (χ2v) is 5.79. The van der Waals surface area contributed by atoms with Crippen molar-refractivity contribution in [3.63, 3.8) is 0 Å². The van der Waals surface area contributed by atoms with Crippen LogP contribution in [0.2, 0.25) is 0 Å². The second-order valence-electron chi connectivity index (χ2n) is 5.79. The zero-order valence-electron chi connectivity index (χ0n) is 13.8. The molecule has 0 heterocycles. The lowest BCUT2D eigenvalue weighted by atomic mass is 10.0. The summed E-state index contributed by atoms with van der Waals surface area (Å²) in [5, 5.41) is 11.6. The van der Waals surface area contributed by atoms with E-state index in [4.69, 9.17) is 9.84 Å². The van der Waals surface area contributed by atoms with Crippen LogP contribution in [0.1, 0.15) is 30.9 Å². The molecule has 0 aliphatic rings. The number of ether oxygens (including phenoxy) is 1. The van der Waals surface area contributed by atoms with Crippen LogP contribution < -0.4 is 10.1 Å². The highest BCUT2D eigenvalue weighted by Crippen LogP contribution is 2.20. The highest BCUT2D eigenvalue weighted by atomic mass is 16.5. The van der Waals surface area contributed by atoms with Crippen LogP contribution in [0.25, 0.3) is 0 Å². The maximum Gasteiger partial charge on any atom is 0.307 e. The number of aliphatic carboxylic acids is 1. The molecule has 1 amide bonds. The Balaban J connectivity index is 1.97. The number of anilines is 1. The predicted molar refractivity (Wildman–Crippen MR) is 92.4 cm³/mol. The Morgan fingerprint density at radius 1 is 1.12 bits per heavy atom. The van der Waals surface area contributed by atoms with Gasteiger partial charge in [0.1, 0.15) is 5.75 Å². The maximum atomic E-state index is 12.1. The number of carboxylic acids is 1. The van der Waals surface area contributed by atoms with Crippen molar-refractivity contribution in [2.45, 2.75) is 26.2 Å². The minimum Gasteiger partial charge on any atom is -0.484 e. The van der Waals surface area contributed by atoms with Gasteiger partial charge in [-0.3, -0.25) is 9.59 Å². The van der Waals surface area contributed by atoms with Crippen molar-refractivity contribution in [3.05, 3.63) is 59.7 Å². The van der Waals surface area contributed by atoms with E-state index < -0.39 is 5.97 Å². The molecule has 2 aromatic rings. The van der Waals surface area contributed by atoms with Gasteiger partial charge in [-0.1, -0.05) is 44.2 Å². The number of carboxylic acid groups (broad SMARTS) is 1. The molecule has 5 nitrogen and oxygen atoms in total. The Kier molecular flexibility index (Phi) is 5.95.